The van der Waals surface area contributed by atoms with Crippen LogP contribution in [0.25, 0.3) is 0 Å². The monoisotopic (exact) mass is 1130 g/mol. The zero-order valence-corrected chi connectivity index (χ0v) is 54.0. The largest absolute Gasteiger partial charge is 0.472 e. The Bertz CT molecular complexity index is 1430. The van der Waals surface area contributed by atoms with E-state index >= 15 is 0 Å². The number of ether oxygens (including phenoxy) is 2. The molecule has 0 spiro atoms. The molecule has 79 heavy (non-hydrogen) atoms. The number of hydrogen-bond donors (Lipinski definition) is 1. The Morgan fingerprint density at radius 3 is 1.03 bits per heavy atom. The van der Waals surface area contributed by atoms with Crippen LogP contribution in [0, 0.1) is 0 Å². The van der Waals surface area contributed by atoms with Crippen LogP contribution in [0.15, 0.2) is 36.5 Å². The standard InChI is InChI=1S/C69H132NO8P/c1-6-8-10-12-14-16-18-20-22-24-26-27-28-29-30-31-32-33-34-35-36-37-38-39-40-41-42-43-44-46-47-49-51-53-55-57-59-61-68(71)75-65-67(66-77-79(73,74)76-64-63-70(3,4)5)78-69(72)62-60-58-56-54-52-50-48-45-25-23-21-19-17-15-13-11-9-7-2/h17,19,23-26,67H,6-16,18,20-22,27-66H2,1-5H3/p+1/b19-17-,25-23-,26-24-. The minimum Gasteiger partial charge on any atom is -0.462 e. The molecule has 0 rings (SSSR count). The van der Waals surface area contributed by atoms with E-state index in [0.717, 1.165) is 51.4 Å². The van der Waals surface area contributed by atoms with Crippen molar-refractivity contribution in [3.05, 3.63) is 36.5 Å². The third kappa shape index (κ3) is 65.3. The summed E-state index contributed by atoms with van der Waals surface area (Å²) < 4.78 is 34.6. The Hall–Kier alpha value is -1.77. The van der Waals surface area contributed by atoms with Gasteiger partial charge in [-0.2, -0.15) is 0 Å². The molecule has 10 heteroatoms. The van der Waals surface area contributed by atoms with Crippen molar-refractivity contribution in [1.29, 1.82) is 0 Å². The van der Waals surface area contributed by atoms with Gasteiger partial charge in [0.15, 0.2) is 6.10 Å². The van der Waals surface area contributed by atoms with Gasteiger partial charge in [0.1, 0.15) is 19.8 Å². The fraction of sp³-hybridized carbons (Fsp3) is 0.884. The number of likely N-dealkylation sites (N-methyl/N-ethyl adjacent to an activating group) is 1. The van der Waals surface area contributed by atoms with Gasteiger partial charge in [-0.3, -0.25) is 18.6 Å². The van der Waals surface area contributed by atoms with Crippen molar-refractivity contribution < 1.29 is 42.1 Å². The van der Waals surface area contributed by atoms with E-state index in [-0.39, 0.29) is 25.6 Å². The molecule has 1 N–H and O–H groups in total. The van der Waals surface area contributed by atoms with E-state index in [1.54, 1.807) is 0 Å². The first-order chi connectivity index (χ1) is 38.5. The summed E-state index contributed by atoms with van der Waals surface area (Å²) in [5, 5.41) is 0. The molecular formula is C69H133NO8P+. The van der Waals surface area contributed by atoms with Crippen molar-refractivity contribution in [3.63, 3.8) is 0 Å². The summed E-state index contributed by atoms with van der Waals surface area (Å²) in [5.74, 6) is -0.790. The molecule has 0 saturated heterocycles. The molecular weight excluding hydrogens is 1000 g/mol. The smallest absolute Gasteiger partial charge is 0.462 e. The Labute approximate surface area is 491 Å². The number of nitrogens with zero attached hydrogens (tertiary/aromatic N) is 1. The van der Waals surface area contributed by atoms with Crippen molar-refractivity contribution in [2.75, 3.05) is 47.5 Å². The fourth-order valence-electron chi connectivity index (χ4n) is 10.1. The first-order valence-electron chi connectivity index (χ1n) is 34.2. The lowest BCUT2D eigenvalue weighted by atomic mass is 10.0. The highest BCUT2D eigenvalue weighted by Gasteiger charge is 2.27. The van der Waals surface area contributed by atoms with E-state index in [9.17, 15) is 19.0 Å². The van der Waals surface area contributed by atoms with Crippen LogP contribution in [0.1, 0.15) is 341 Å². The van der Waals surface area contributed by atoms with Crippen molar-refractivity contribution in [3.8, 4) is 0 Å². The van der Waals surface area contributed by atoms with Crippen LogP contribution in [-0.4, -0.2) is 74.9 Å². The summed E-state index contributed by atoms with van der Waals surface area (Å²) in [6.45, 7) is 4.46. The van der Waals surface area contributed by atoms with Crippen molar-refractivity contribution >= 4 is 19.8 Å². The predicted octanol–water partition coefficient (Wildman–Crippen LogP) is 21.9. The average molecular weight is 1140 g/mol. The molecule has 0 aromatic rings. The number of rotatable bonds is 64. The number of phosphoric ester groups is 1. The van der Waals surface area contributed by atoms with Crippen LogP contribution in [0.4, 0.5) is 0 Å². The van der Waals surface area contributed by atoms with E-state index in [1.165, 1.54) is 257 Å². The molecule has 0 aliphatic rings. The zero-order chi connectivity index (χ0) is 57.7. The molecule has 0 aromatic carbocycles. The Morgan fingerprint density at radius 1 is 0.392 bits per heavy atom. The second-order valence-electron chi connectivity index (χ2n) is 24.6. The molecule has 0 aromatic heterocycles. The molecule has 2 unspecified atom stereocenters. The topological polar surface area (TPSA) is 108 Å². The Balaban J connectivity index is 3.91. The van der Waals surface area contributed by atoms with Crippen LogP contribution in [-0.2, 0) is 32.7 Å². The number of allylic oxidation sites excluding steroid dienone is 6. The quantitative estimate of drug-likeness (QED) is 0.0211. The fourth-order valence-corrected chi connectivity index (χ4v) is 10.8. The van der Waals surface area contributed by atoms with Crippen LogP contribution < -0.4 is 0 Å². The maximum atomic E-state index is 12.8. The maximum absolute atomic E-state index is 12.8. The summed E-state index contributed by atoms with van der Waals surface area (Å²) in [4.78, 5) is 35.8. The van der Waals surface area contributed by atoms with Crippen LogP contribution in [0.5, 0.6) is 0 Å². The zero-order valence-electron chi connectivity index (χ0n) is 53.1. The highest BCUT2D eigenvalue weighted by Crippen LogP contribution is 2.43. The van der Waals surface area contributed by atoms with E-state index in [4.69, 9.17) is 18.5 Å². The Morgan fingerprint density at radius 2 is 0.684 bits per heavy atom. The molecule has 2 atom stereocenters. The highest BCUT2D eigenvalue weighted by molar-refractivity contribution is 7.47. The van der Waals surface area contributed by atoms with Crippen LogP contribution >= 0.6 is 7.82 Å². The van der Waals surface area contributed by atoms with Gasteiger partial charge in [-0.25, -0.2) is 4.57 Å². The lowest BCUT2D eigenvalue weighted by Crippen LogP contribution is -2.37. The Kier molecular flexibility index (Phi) is 59.4. The van der Waals surface area contributed by atoms with E-state index in [1.807, 2.05) is 21.1 Å². The molecule has 9 nitrogen and oxygen atoms in total. The lowest BCUT2D eigenvalue weighted by Gasteiger charge is -2.24. The molecule has 0 aliphatic carbocycles. The van der Waals surface area contributed by atoms with Gasteiger partial charge in [0.05, 0.1) is 27.7 Å². The minimum atomic E-state index is -4.39. The van der Waals surface area contributed by atoms with Gasteiger partial charge in [-0.15, -0.1) is 0 Å². The van der Waals surface area contributed by atoms with Gasteiger partial charge >= 0.3 is 19.8 Å². The van der Waals surface area contributed by atoms with Crippen LogP contribution in [0.2, 0.25) is 0 Å². The number of carbonyl (C=O) groups is 2. The van der Waals surface area contributed by atoms with E-state index < -0.39 is 26.5 Å². The van der Waals surface area contributed by atoms with Gasteiger partial charge in [0.25, 0.3) is 0 Å². The van der Waals surface area contributed by atoms with E-state index in [2.05, 4.69) is 50.3 Å². The van der Waals surface area contributed by atoms with Gasteiger partial charge in [0.2, 0.25) is 0 Å². The molecule has 0 saturated carbocycles. The summed E-state index contributed by atoms with van der Waals surface area (Å²) in [6.07, 6.45) is 76.9. The number of quaternary nitrogens is 1. The van der Waals surface area contributed by atoms with E-state index in [0.29, 0.717) is 23.9 Å². The maximum Gasteiger partial charge on any atom is 0.472 e. The summed E-state index contributed by atoms with van der Waals surface area (Å²) >= 11 is 0. The van der Waals surface area contributed by atoms with Gasteiger partial charge in [-0.1, -0.05) is 294 Å². The lowest BCUT2D eigenvalue weighted by molar-refractivity contribution is -0.870. The number of carbonyl (C=O) groups excluding carboxylic acids is 2. The molecule has 0 radical (unpaired) electrons. The molecule has 0 aliphatic heterocycles. The SMILES string of the molecule is CCCCCC/C=C\C/C=C\CCCCCCCCCC(=O)OC(COC(=O)CCCCCCCCCCCCCCCCCCCCCCCCCCC/C=C\CCCCCCCCCC)COP(=O)(O)OCC[N+](C)(C)C. The number of esters is 2. The summed E-state index contributed by atoms with van der Waals surface area (Å²) in [7, 11) is 1.49. The first kappa shape index (κ1) is 77.2. The molecule has 0 bridgehead atoms. The van der Waals surface area contributed by atoms with Crippen LogP contribution in [0.3, 0.4) is 0 Å². The normalized spacial score (nSPS) is 13.3. The van der Waals surface area contributed by atoms with Gasteiger partial charge < -0.3 is 18.9 Å². The third-order valence-electron chi connectivity index (χ3n) is 15.4. The first-order valence-corrected chi connectivity index (χ1v) is 35.7. The summed E-state index contributed by atoms with van der Waals surface area (Å²) in [6, 6.07) is 0. The third-order valence-corrected chi connectivity index (χ3v) is 16.4. The number of hydrogen-bond acceptors (Lipinski definition) is 7. The number of unbranched alkanes of at least 4 members (excludes halogenated alkanes) is 44. The second-order valence-corrected chi connectivity index (χ2v) is 26.0. The van der Waals surface area contributed by atoms with Gasteiger partial charge in [-0.05, 0) is 70.6 Å². The second kappa shape index (κ2) is 60.8. The minimum absolute atomic E-state index is 0.0317. The molecule has 0 amide bonds. The predicted molar refractivity (Wildman–Crippen MR) is 340 cm³/mol. The molecule has 0 fully saturated rings. The van der Waals surface area contributed by atoms with Crippen molar-refractivity contribution in [2.24, 2.45) is 0 Å². The summed E-state index contributed by atoms with van der Waals surface area (Å²) in [5.41, 5.74) is 0. The highest BCUT2D eigenvalue weighted by atomic mass is 31.2. The van der Waals surface area contributed by atoms with Crippen molar-refractivity contribution in [1.82, 2.24) is 0 Å². The number of phosphoric acid groups is 1. The van der Waals surface area contributed by atoms with Gasteiger partial charge in [0, 0.05) is 12.8 Å². The molecule has 466 valence electrons. The van der Waals surface area contributed by atoms with Crippen molar-refractivity contribution in [2.45, 2.75) is 347 Å². The molecule has 0 heterocycles. The average Bonchev–Trinajstić information content (AvgIpc) is 3.41.